The van der Waals surface area contributed by atoms with Crippen LogP contribution < -0.4 is 4.18 Å². The lowest BCUT2D eigenvalue weighted by Crippen LogP contribution is -2.21. The zero-order valence-corrected chi connectivity index (χ0v) is 21.9. The van der Waals surface area contributed by atoms with Crippen LogP contribution in [0.25, 0.3) is 0 Å². The van der Waals surface area contributed by atoms with Crippen molar-refractivity contribution in [3.05, 3.63) is 95.1 Å². The van der Waals surface area contributed by atoms with Crippen LogP contribution in [-0.4, -0.2) is 19.0 Å². The topological polar surface area (TPSA) is 60.4 Å². The SMILES string of the molecule is Cc1ccc(S(=O)(=O)Oc2ccccc2C(=O)C(Br)C(Br)c2ccc(C(C)C)cc2)cc1. The van der Waals surface area contributed by atoms with Crippen molar-refractivity contribution in [2.75, 3.05) is 0 Å². The monoisotopic (exact) mass is 578 g/mol. The summed E-state index contributed by atoms with van der Waals surface area (Å²) in [6.45, 7) is 6.12. The molecule has 7 heteroatoms. The molecule has 2 atom stereocenters. The largest absolute Gasteiger partial charge is 0.378 e. The summed E-state index contributed by atoms with van der Waals surface area (Å²) in [7, 11) is -4.08. The van der Waals surface area contributed by atoms with Gasteiger partial charge in [0.15, 0.2) is 11.5 Å². The van der Waals surface area contributed by atoms with Crippen molar-refractivity contribution in [2.24, 2.45) is 0 Å². The van der Waals surface area contributed by atoms with Crippen LogP contribution >= 0.6 is 31.9 Å². The lowest BCUT2D eigenvalue weighted by molar-refractivity contribution is 0.0989. The lowest BCUT2D eigenvalue weighted by atomic mass is 9.98. The summed E-state index contributed by atoms with van der Waals surface area (Å²) in [5, 5.41) is 0. The van der Waals surface area contributed by atoms with Gasteiger partial charge in [-0.2, -0.15) is 8.42 Å². The van der Waals surface area contributed by atoms with Crippen molar-refractivity contribution in [3.63, 3.8) is 0 Å². The molecule has 3 aromatic carbocycles. The van der Waals surface area contributed by atoms with E-state index in [-0.39, 0.29) is 26.8 Å². The molecule has 0 radical (unpaired) electrons. The lowest BCUT2D eigenvalue weighted by Gasteiger charge is -2.18. The number of rotatable bonds is 8. The van der Waals surface area contributed by atoms with E-state index in [0.717, 1.165) is 11.1 Å². The van der Waals surface area contributed by atoms with Gasteiger partial charge in [-0.3, -0.25) is 4.79 Å². The summed E-state index contributed by atoms with van der Waals surface area (Å²) in [6, 6.07) is 20.8. The van der Waals surface area contributed by atoms with E-state index in [9.17, 15) is 13.2 Å². The third-order valence-electron chi connectivity index (χ3n) is 5.09. The second-order valence-corrected chi connectivity index (χ2v) is 11.4. The first-order valence-electron chi connectivity index (χ1n) is 10.1. The first-order chi connectivity index (χ1) is 15.1. The Morgan fingerprint density at radius 3 is 2.00 bits per heavy atom. The smallest absolute Gasteiger partial charge is 0.339 e. The fraction of sp³-hybridized carbons (Fsp3) is 0.240. The molecule has 0 aliphatic carbocycles. The number of benzene rings is 3. The number of para-hydroxylation sites is 1. The summed E-state index contributed by atoms with van der Waals surface area (Å²) in [4.78, 5) is 12.4. The van der Waals surface area contributed by atoms with Gasteiger partial charge in [-0.15, -0.1) is 0 Å². The van der Waals surface area contributed by atoms with Crippen molar-refractivity contribution in [1.82, 2.24) is 0 Å². The van der Waals surface area contributed by atoms with E-state index in [1.807, 2.05) is 31.2 Å². The Bertz CT molecular complexity index is 1190. The predicted molar refractivity (Wildman–Crippen MR) is 135 cm³/mol. The molecule has 0 fully saturated rings. The average Bonchev–Trinajstić information content (AvgIpc) is 2.78. The van der Waals surface area contributed by atoms with Gasteiger partial charge >= 0.3 is 10.1 Å². The first kappa shape index (κ1) is 24.7. The van der Waals surface area contributed by atoms with Crippen molar-refractivity contribution in [1.29, 1.82) is 0 Å². The Morgan fingerprint density at radius 2 is 1.41 bits per heavy atom. The molecule has 0 heterocycles. The van der Waals surface area contributed by atoms with Crippen molar-refractivity contribution >= 4 is 47.8 Å². The normalized spacial score (nSPS) is 13.6. The molecule has 0 saturated carbocycles. The maximum atomic E-state index is 13.3. The van der Waals surface area contributed by atoms with Crippen LogP contribution in [0.3, 0.4) is 0 Å². The van der Waals surface area contributed by atoms with Gasteiger partial charge in [0.2, 0.25) is 0 Å². The molecule has 0 amide bonds. The molecule has 0 aliphatic heterocycles. The van der Waals surface area contributed by atoms with Crippen molar-refractivity contribution in [2.45, 2.75) is 41.2 Å². The molecule has 2 unspecified atom stereocenters. The molecule has 32 heavy (non-hydrogen) atoms. The zero-order valence-electron chi connectivity index (χ0n) is 18.0. The number of hydrogen-bond acceptors (Lipinski definition) is 4. The summed E-state index contributed by atoms with van der Waals surface area (Å²) in [5.74, 6) is 0.130. The first-order valence-corrected chi connectivity index (χ1v) is 13.4. The second kappa shape index (κ2) is 10.3. The second-order valence-electron chi connectivity index (χ2n) is 7.84. The number of hydrogen-bond donors (Lipinski definition) is 0. The maximum absolute atomic E-state index is 13.3. The molecule has 0 aliphatic rings. The molecule has 4 nitrogen and oxygen atoms in total. The van der Waals surface area contributed by atoms with Gasteiger partial charge < -0.3 is 4.18 Å². The summed E-state index contributed by atoms with van der Waals surface area (Å²) < 4.78 is 30.9. The van der Waals surface area contributed by atoms with Crippen LogP contribution in [0, 0.1) is 6.92 Å². The van der Waals surface area contributed by atoms with E-state index in [1.165, 1.54) is 23.8 Å². The highest BCUT2D eigenvalue weighted by Crippen LogP contribution is 2.36. The number of Topliss-reactive ketones (excluding diaryl/α,β-unsaturated/α-hetero) is 1. The van der Waals surface area contributed by atoms with Gasteiger partial charge in [0.25, 0.3) is 0 Å². The van der Waals surface area contributed by atoms with Crippen LogP contribution in [0.2, 0.25) is 0 Å². The van der Waals surface area contributed by atoms with Gasteiger partial charge in [0.1, 0.15) is 4.90 Å². The highest BCUT2D eigenvalue weighted by molar-refractivity contribution is 9.12. The Kier molecular flexibility index (Phi) is 7.96. The molecule has 3 aromatic rings. The fourth-order valence-electron chi connectivity index (χ4n) is 3.13. The summed E-state index contributed by atoms with van der Waals surface area (Å²) >= 11 is 7.11. The van der Waals surface area contributed by atoms with Crippen LogP contribution in [-0.2, 0) is 10.1 Å². The highest BCUT2D eigenvalue weighted by atomic mass is 79.9. The number of ketones is 1. The zero-order chi connectivity index (χ0) is 23.5. The quantitative estimate of drug-likeness (QED) is 0.164. The van der Waals surface area contributed by atoms with Crippen LogP contribution in [0.4, 0.5) is 0 Å². The third kappa shape index (κ3) is 5.69. The Labute approximate surface area is 206 Å². The van der Waals surface area contributed by atoms with E-state index in [2.05, 4.69) is 45.7 Å². The molecular weight excluding hydrogens is 556 g/mol. The van der Waals surface area contributed by atoms with Crippen LogP contribution in [0.15, 0.2) is 77.7 Å². The molecule has 0 saturated heterocycles. The molecule has 3 rings (SSSR count). The maximum Gasteiger partial charge on any atom is 0.339 e. The van der Waals surface area contributed by atoms with Crippen LogP contribution in [0.5, 0.6) is 5.75 Å². The number of carbonyl (C=O) groups is 1. The number of aryl methyl sites for hydroxylation is 1. The Morgan fingerprint density at radius 1 is 0.844 bits per heavy atom. The van der Waals surface area contributed by atoms with Crippen molar-refractivity contribution < 1.29 is 17.4 Å². The third-order valence-corrected chi connectivity index (χ3v) is 9.05. The average molecular weight is 580 g/mol. The summed E-state index contributed by atoms with van der Waals surface area (Å²) in [5.41, 5.74) is 3.28. The van der Waals surface area contributed by atoms with Gasteiger partial charge in [0.05, 0.1) is 15.2 Å². The van der Waals surface area contributed by atoms with Crippen LogP contribution in [0.1, 0.15) is 51.6 Å². The Balaban J connectivity index is 1.85. The number of alkyl halides is 2. The predicted octanol–water partition coefficient (Wildman–Crippen LogP) is 6.97. The molecular formula is C25H24Br2O4S. The molecule has 168 valence electrons. The minimum atomic E-state index is -4.08. The molecule has 0 N–H and O–H groups in total. The van der Waals surface area contributed by atoms with Gasteiger partial charge in [-0.1, -0.05) is 99.8 Å². The molecule has 0 bridgehead atoms. The molecule has 0 aromatic heterocycles. The van der Waals surface area contributed by atoms with E-state index < -0.39 is 14.9 Å². The summed E-state index contributed by atoms with van der Waals surface area (Å²) in [6.07, 6.45) is 0. The Hall–Kier alpha value is -1.96. The minimum Gasteiger partial charge on any atom is -0.378 e. The van der Waals surface area contributed by atoms with Gasteiger partial charge in [-0.25, -0.2) is 0 Å². The standard InChI is InChI=1S/C25H24Br2O4S/c1-16(2)18-10-12-19(13-11-18)23(26)24(27)25(28)21-6-4-5-7-22(21)31-32(29,30)20-14-8-17(3)9-15-20/h4-16,23-24H,1-3H3. The van der Waals surface area contributed by atoms with E-state index in [4.69, 9.17) is 4.18 Å². The molecule has 0 spiro atoms. The van der Waals surface area contributed by atoms with E-state index in [1.54, 1.807) is 30.3 Å². The van der Waals surface area contributed by atoms with Gasteiger partial charge in [0, 0.05) is 0 Å². The highest BCUT2D eigenvalue weighted by Gasteiger charge is 2.29. The van der Waals surface area contributed by atoms with E-state index >= 15 is 0 Å². The number of halogens is 2. The fourth-order valence-corrected chi connectivity index (χ4v) is 5.17. The minimum absolute atomic E-state index is 0.00243. The number of carbonyl (C=O) groups excluding carboxylic acids is 1. The van der Waals surface area contributed by atoms with Gasteiger partial charge in [-0.05, 0) is 48.2 Å². The van der Waals surface area contributed by atoms with Crippen molar-refractivity contribution in [3.8, 4) is 5.75 Å². The van der Waals surface area contributed by atoms with E-state index in [0.29, 0.717) is 5.92 Å².